The van der Waals surface area contributed by atoms with E-state index in [0.29, 0.717) is 19.4 Å². The Balaban J connectivity index is 2.33. The molecule has 1 atom stereocenters. The van der Waals surface area contributed by atoms with Crippen molar-refractivity contribution < 1.29 is 9.59 Å². The molecule has 4 nitrogen and oxygen atoms in total. The fraction of sp³-hybridized carbons (Fsp3) is 0.391. The van der Waals surface area contributed by atoms with Gasteiger partial charge in [-0.2, -0.15) is 0 Å². The molecule has 144 valence electrons. The third-order valence-corrected chi connectivity index (χ3v) is 4.48. The number of carbonyl (C=O) groups excluding carboxylic acids is 2. The lowest BCUT2D eigenvalue weighted by Gasteiger charge is -2.32. The first-order chi connectivity index (χ1) is 12.9. The van der Waals surface area contributed by atoms with Gasteiger partial charge in [-0.1, -0.05) is 67.1 Å². The molecule has 2 aromatic rings. The first-order valence-corrected chi connectivity index (χ1v) is 9.60. The van der Waals surface area contributed by atoms with E-state index < -0.39 is 6.04 Å². The van der Waals surface area contributed by atoms with E-state index >= 15 is 0 Å². The van der Waals surface area contributed by atoms with Crippen LogP contribution in [0.4, 0.5) is 0 Å². The molecule has 0 bridgehead atoms. The third kappa shape index (κ3) is 6.24. The smallest absolute Gasteiger partial charge is 0.243 e. The van der Waals surface area contributed by atoms with Crippen LogP contribution in [0.3, 0.4) is 0 Å². The van der Waals surface area contributed by atoms with Gasteiger partial charge in [0.15, 0.2) is 0 Å². The molecule has 4 heteroatoms. The Morgan fingerprint density at radius 3 is 2.15 bits per heavy atom. The summed E-state index contributed by atoms with van der Waals surface area (Å²) >= 11 is 0. The summed E-state index contributed by atoms with van der Waals surface area (Å²) in [6, 6.07) is 17.4. The van der Waals surface area contributed by atoms with Crippen LogP contribution in [0.5, 0.6) is 0 Å². The fourth-order valence-corrected chi connectivity index (χ4v) is 3.03. The van der Waals surface area contributed by atoms with Gasteiger partial charge in [0.1, 0.15) is 6.04 Å². The molecule has 2 rings (SSSR count). The van der Waals surface area contributed by atoms with Crippen molar-refractivity contribution in [3.05, 3.63) is 71.3 Å². The van der Waals surface area contributed by atoms with Gasteiger partial charge >= 0.3 is 0 Å². The predicted molar refractivity (Wildman–Crippen MR) is 109 cm³/mol. The van der Waals surface area contributed by atoms with Crippen molar-refractivity contribution in [2.75, 3.05) is 0 Å². The molecular weight excluding hydrogens is 336 g/mol. The standard InChI is InChI=1S/C23H30N2O2/c1-5-22(26)25(16-20-13-11-18(4)12-14-20)21(23(27)24-17(2)3)15-19-9-7-6-8-10-19/h6-14,17,21H,5,15-16H2,1-4H3,(H,24,27)/t21-/m1/s1. The number of hydrogen-bond acceptors (Lipinski definition) is 2. The molecule has 0 aliphatic carbocycles. The van der Waals surface area contributed by atoms with Crippen molar-refractivity contribution in [2.24, 2.45) is 0 Å². The highest BCUT2D eigenvalue weighted by atomic mass is 16.2. The Bertz CT molecular complexity index is 739. The van der Waals surface area contributed by atoms with E-state index in [9.17, 15) is 9.59 Å². The van der Waals surface area contributed by atoms with Gasteiger partial charge in [0.25, 0.3) is 0 Å². The Morgan fingerprint density at radius 1 is 0.963 bits per heavy atom. The molecule has 0 saturated carbocycles. The molecule has 0 aromatic heterocycles. The van der Waals surface area contributed by atoms with Gasteiger partial charge in [-0.05, 0) is 31.9 Å². The van der Waals surface area contributed by atoms with E-state index in [4.69, 9.17) is 0 Å². The number of nitrogens with one attached hydrogen (secondary N) is 1. The maximum Gasteiger partial charge on any atom is 0.243 e. The average Bonchev–Trinajstić information content (AvgIpc) is 2.65. The van der Waals surface area contributed by atoms with Crippen molar-refractivity contribution in [2.45, 2.75) is 59.2 Å². The zero-order valence-electron chi connectivity index (χ0n) is 16.7. The Morgan fingerprint density at radius 2 is 1.59 bits per heavy atom. The number of aryl methyl sites for hydroxylation is 1. The van der Waals surface area contributed by atoms with E-state index in [1.54, 1.807) is 4.90 Å². The summed E-state index contributed by atoms with van der Waals surface area (Å²) in [5.41, 5.74) is 3.24. The first kappa shape index (κ1) is 20.7. The van der Waals surface area contributed by atoms with Gasteiger partial charge in [0.2, 0.25) is 11.8 Å². The van der Waals surface area contributed by atoms with E-state index in [1.807, 2.05) is 82.3 Å². The molecule has 2 amide bonds. The minimum atomic E-state index is -0.538. The number of rotatable bonds is 8. The summed E-state index contributed by atoms with van der Waals surface area (Å²) in [4.78, 5) is 27.4. The Kier molecular flexibility index (Phi) is 7.59. The molecule has 1 N–H and O–H groups in total. The summed E-state index contributed by atoms with van der Waals surface area (Å²) in [6.07, 6.45) is 0.864. The molecule has 0 aliphatic rings. The number of amides is 2. The second-order valence-corrected chi connectivity index (χ2v) is 7.23. The highest BCUT2D eigenvalue weighted by molar-refractivity contribution is 5.88. The minimum Gasteiger partial charge on any atom is -0.352 e. The van der Waals surface area contributed by atoms with Crippen molar-refractivity contribution >= 4 is 11.8 Å². The van der Waals surface area contributed by atoms with Crippen LogP contribution in [0.2, 0.25) is 0 Å². The number of nitrogens with zero attached hydrogens (tertiary/aromatic N) is 1. The fourth-order valence-electron chi connectivity index (χ4n) is 3.03. The van der Waals surface area contributed by atoms with E-state index in [1.165, 1.54) is 5.56 Å². The maximum atomic E-state index is 13.0. The zero-order chi connectivity index (χ0) is 19.8. The molecule has 0 fully saturated rings. The van der Waals surface area contributed by atoms with Gasteiger partial charge in [0.05, 0.1) is 0 Å². The van der Waals surface area contributed by atoms with Gasteiger partial charge in [-0.15, -0.1) is 0 Å². The first-order valence-electron chi connectivity index (χ1n) is 9.60. The van der Waals surface area contributed by atoms with E-state index in [2.05, 4.69) is 5.32 Å². The summed E-state index contributed by atoms with van der Waals surface area (Å²) in [5, 5.41) is 2.98. The van der Waals surface area contributed by atoms with Crippen LogP contribution in [-0.2, 0) is 22.6 Å². The summed E-state index contributed by atoms with van der Waals surface area (Å²) in [5.74, 6) is -0.127. The van der Waals surface area contributed by atoms with E-state index in [0.717, 1.165) is 11.1 Å². The van der Waals surface area contributed by atoms with Gasteiger partial charge in [-0.25, -0.2) is 0 Å². The van der Waals surface area contributed by atoms with Gasteiger partial charge < -0.3 is 10.2 Å². The number of carbonyl (C=O) groups is 2. The zero-order valence-corrected chi connectivity index (χ0v) is 16.7. The average molecular weight is 367 g/mol. The molecule has 0 radical (unpaired) electrons. The largest absolute Gasteiger partial charge is 0.352 e. The number of hydrogen-bond donors (Lipinski definition) is 1. The molecule has 2 aromatic carbocycles. The molecule has 0 aliphatic heterocycles. The summed E-state index contributed by atoms with van der Waals surface area (Å²) < 4.78 is 0. The Hall–Kier alpha value is -2.62. The summed E-state index contributed by atoms with van der Waals surface area (Å²) in [6.45, 7) is 8.17. The normalized spacial score (nSPS) is 11.9. The second-order valence-electron chi connectivity index (χ2n) is 7.23. The molecule has 27 heavy (non-hydrogen) atoms. The van der Waals surface area contributed by atoms with Crippen molar-refractivity contribution in [3.8, 4) is 0 Å². The molecule has 0 saturated heterocycles. The van der Waals surface area contributed by atoms with Crippen LogP contribution < -0.4 is 5.32 Å². The van der Waals surface area contributed by atoms with Crippen LogP contribution in [-0.4, -0.2) is 28.8 Å². The lowest BCUT2D eigenvalue weighted by Crippen LogP contribution is -2.51. The highest BCUT2D eigenvalue weighted by Gasteiger charge is 2.29. The quantitative estimate of drug-likeness (QED) is 0.771. The topological polar surface area (TPSA) is 49.4 Å². The maximum absolute atomic E-state index is 13.0. The second kappa shape index (κ2) is 9.91. The Labute approximate surface area is 162 Å². The molecular formula is C23H30N2O2. The van der Waals surface area contributed by atoms with Crippen molar-refractivity contribution in [1.82, 2.24) is 10.2 Å². The predicted octanol–water partition coefficient (Wildman–Crippen LogP) is 3.87. The van der Waals surface area contributed by atoms with Crippen molar-refractivity contribution in [3.63, 3.8) is 0 Å². The lowest BCUT2D eigenvalue weighted by molar-refractivity contribution is -0.141. The summed E-state index contributed by atoms with van der Waals surface area (Å²) in [7, 11) is 0. The van der Waals surface area contributed by atoms with Crippen molar-refractivity contribution in [1.29, 1.82) is 0 Å². The van der Waals surface area contributed by atoms with Crippen LogP contribution in [0, 0.1) is 6.92 Å². The van der Waals surface area contributed by atoms with Crippen LogP contribution in [0.1, 0.15) is 43.9 Å². The monoisotopic (exact) mass is 366 g/mol. The highest BCUT2D eigenvalue weighted by Crippen LogP contribution is 2.16. The van der Waals surface area contributed by atoms with Gasteiger partial charge in [-0.3, -0.25) is 9.59 Å². The SMILES string of the molecule is CCC(=O)N(Cc1ccc(C)cc1)[C@H](Cc1ccccc1)C(=O)NC(C)C. The molecule has 0 spiro atoms. The minimum absolute atomic E-state index is 0.0181. The third-order valence-electron chi connectivity index (χ3n) is 4.48. The van der Waals surface area contributed by atoms with Crippen LogP contribution in [0.15, 0.2) is 54.6 Å². The molecule has 0 unspecified atom stereocenters. The van der Waals surface area contributed by atoms with Gasteiger partial charge in [0, 0.05) is 25.4 Å². The number of benzene rings is 2. The van der Waals surface area contributed by atoms with E-state index in [-0.39, 0.29) is 17.9 Å². The van der Waals surface area contributed by atoms with Crippen LogP contribution in [0.25, 0.3) is 0 Å². The lowest BCUT2D eigenvalue weighted by atomic mass is 10.0. The molecule has 0 heterocycles. The van der Waals surface area contributed by atoms with Crippen LogP contribution >= 0.6 is 0 Å².